The molecule has 1 atom stereocenters. The second-order valence-corrected chi connectivity index (χ2v) is 4.57. The smallest absolute Gasteiger partial charge is 0.304 e. The molecule has 0 aliphatic carbocycles. The Bertz CT molecular complexity index is 396. The minimum atomic E-state index is -0.811. The third-order valence-corrected chi connectivity index (χ3v) is 3.04. The summed E-state index contributed by atoms with van der Waals surface area (Å²) in [7, 11) is 0. The van der Waals surface area contributed by atoms with Crippen LogP contribution >= 0.6 is 23.2 Å². The number of nitrogens with one attached hydrogen (secondary N) is 1. The number of carbonyl (C=O) groups is 1. The van der Waals surface area contributed by atoms with E-state index in [0.29, 0.717) is 16.6 Å². The second-order valence-electron chi connectivity index (χ2n) is 3.72. The van der Waals surface area contributed by atoms with Crippen LogP contribution in [0.5, 0.6) is 0 Å². The van der Waals surface area contributed by atoms with Crippen molar-refractivity contribution in [1.29, 1.82) is 0 Å². The third kappa shape index (κ3) is 4.54. The minimum Gasteiger partial charge on any atom is -0.481 e. The zero-order valence-corrected chi connectivity index (χ0v) is 11.1. The summed E-state index contributed by atoms with van der Waals surface area (Å²) >= 11 is 11.9. The molecule has 0 amide bonds. The van der Waals surface area contributed by atoms with Gasteiger partial charge >= 0.3 is 5.97 Å². The van der Waals surface area contributed by atoms with E-state index in [1.807, 2.05) is 13.0 Å². The fourth-order valence-electron chi connectivity index (χ4n) is 1.61. The first kappa shape index (κ1) is 14.3. The van der Waals surface area contributed by atoms with Crippen LogP contribution in [-0.4, -0.2) is 17.6 Å². The molecule has 94 valence electrons. The van der Waals surface area contributed by atoms with Crippen LogP contribution in [0, 0.1) is 0 Å². The van der Waals surface area contributed by atoms with Gasteiger partial charge in [0.2, 0.25) is 0 Å². The molecule has 2 N–H and O–H groups in total. The molecule has 0 spiro atoms. The van der Waals surface area contributed by atoms with Gasteiger partial charge in [-0.05, 0) is 24.1 Å². The zero-order chi connectivity index (χ0) is 12.8. The molecule has 1 rings (SSSR count). The van der Waals surface area contributed by atoms with Gasteiger partial charge in [-0.15, -0.1) is 0 Å². The van der Waals surface area contributed by atoms with Gasteiger partial charge in [-0.3, -0.25) is 4.79 Å². The van der Waals surface area contributed by atoms with Crippen molar-refractivity contribution in [1.82, 2.24) is 5.32 Å². The Morgan fingerprint density at radius 3 is 2.71 bits per heavy atom. The highest BCUT2D eigenvalue weighted by molar-refractivity contribution is 6.35. The number of benzene rings is 1. The van der Waals surface area contributed by atoms with Crippen LogP contribution in [0.1, 0.15) is 31.4 Å². The molecule has 0 fully saturated rings. The molecule has 0 bridgehead atoms. The second kappa shape index (κ2) is 6.84. The lowest BCUT2D eigenvalue weighted by Crippen LogP contribution is -2.23. The Morgan fingerprint density at radius 1 is 1.47 bits per heavy atom. The third-order valence-electron chi connectivity index (χ3n) is 2.48. The highest BCUT2D eigenvalue weighted by atomic mass is 35.5. The normalized spacial score (nSPS) is 12.4. The highest BCUT2D eigenvalue weighted by Crippen LogP contribution is 2.27. The van der Waals surface area contributed by atoms with Crippen LogP contribution < -0.4 is 5.32 Å². The Hall–Kier alpha value is -0.770. The average Bonchev–Trinajstić information content (AvgIpc) is 2.25. The SMILES string of the molecule is CCC(NCCC(=O)O)c1ccc(Cl)cc1Cl. The molecule has 1 unspecified atom stereocenters. The number of hydrogen-bond donors (Lipinski definition) is 2. The first-order valence-electron chi connectivity index (χ1n) is 5.44. The van der Waals surface area contributed by atoms with Crippen LogP contribution in [0.2, 0.25) is 10.0 Å². The maximum Gasteiger partial charge on any atom is 0.304 e. The first-order valence-corrected chi connectivity index (χ1v) is 6.20. The van der Waals surface area contributed by atoms with Crippen molar-refractivity contribution in [2.75, 3.05) is 6.54 Å². The van der Waals surface area contributed by atoms with Crippen molar-refractivity contribution >= 4 is 29.2 Å². The first-order chi connectivity index (χ1) is 8.04. The summed E-state index contributed by atoms with van der Waals surface area (Å²) in [5.41, 5.74) is 0.948. The van der Waals surface area contributed by atoms with Crippen molar-refractivity contribution in [3.8, 4) is 0 Å². The van der Waals surface area contributed by atoms with Crippen molar-refractivity contribution in [2.24, 2.45) is 0 Å². The quantitative estimate of drug-likeness (QED) is 0.835. The van der Waals surface area contributed by atoms with Crippen molar-refractivity contribution in [2.45, 2.75) is 25.8 Å². The van der Waals surface area contributed by atoms with Gasteiger partial charge in [0.05, 0.1) is 6.42 Å². The van der Waals surface area contributed by atoms with Gasteiger partial charge in [-0.2, -0.15) is 0 Å². The van der Waals surface area contributed by atoms with Crippen LogP contribution in [0.4, 0.5) is 0 Å². The van der Waals surface area contributed by atoms with Gasteiger partial charge < -0.3 is 10.4 Å². The number of aliphatic carboxylic acids is 1. The zero-order valence-electron chi connectivity index (χ0n) is 9.54. The molecule has 17 heavy (non-hydrogen) atoms. The lowest BCUT2D eigenvalue weighted by Gasteiger charge is -2.18. The molecule has 0 aliphatic heterocycles. The summed E-state index contributed by atoms with van der Waals surface area (Å²) in [5, 5.41) is 12.9. The Balaban J connectivity index is 2.69. The maximum atomic E-state index is 10.4. The van der Waals surface area contributed by atoms with E-state index in [-0.39, 0.29) is 12.5 Å². The topological polar surface area (TPSA) is 49.3 Å². The number of carboxylic acid groups (broad SMARTS) is 1. The standard InChI is InChI=1S/C12H15Cl2NO2/c1-2-11(15-6-5-12(16)17)9-4-3-8(13)7-10(9)14/h3-4,7,11,15H,2,5-6H2,1H3,(H,16,17). The molecule has 5 heteroatoms. The van der Waals surface area contributed by atoms with Crippen LogP contribution in [0.3, 0.4) is 0 Å². The fraction of sp³-hybridized carbons (Fsp3) is 0.417. The van der Waals surface area contributed by atoms with Gasteiger partial charge in [0.25, 0.3) is 0 Å². The van der Waals surface area contributed by atoms with Crippen LogP contribution in [0.25, 0.3) is 0 Å². The van der Waals surface area contributed by atoms with Crippen LogP contribution in [0.15, 0.2) is 18.2 Å². The molecular weight excluding hydrogens is 261 g/mol. The summed E-state index contributed by atoms with van der Waals surface area (Å²) in [6.07, 6.45) is 0.933. The van der Waals surface area contributed by atoms with E-state index in [0.717, 1.165) is 12.0 Å². The van der Waals surface area contributed by atoms with Gasteiger partial charge in [0.15, 0.2) is 0 Å². The summed E-state index contributed by atoms with van der Waals surface area (Å²) < 4.78 is 0. The summed E-state index contributed by atoms with van der Waals surface area (Å²) in [6, 6.07) is 5.40. The fourth-order valence-corrected chi connectivity index (χ4v) is 2.15. The summed E-state index contributed by atoms with van der Waals surface area (Å²) in [6.45, 7) is 2.44. The van der Waals surface area contributed by atoms with E-state index < -0.39 is 5.97 Å². The van der Waals surface area contributed by atoms with Gasteiger partial charge in [-0.25, -0.2) is 0 Å². The summed E-state index contributed by atoms with van der Waals surface area (Å²) in [4.78, 5) is 10.4. The van der Waals surface area contributed by atoms with Crippen molar-refractivity contribution < 1.29 is 9.90 Å². The monoisotopic (exact) mass is 275 g/mol. The molecule has 0 aromatic heterocycles. The lowest BCUT2D eigenvalue weighted by molar-refractivity contribution is -0.136. The largest absolute Gasteiger partial charge is 0.481 e. The van der Waals surface area contributed by atoms with E-state index >= 15 is 0 Å². The highest BCUT2D eigenvalue weighted by Gasteiger charge is 2.12. The number of hydrogen-bond acceptors (Lipinski definition) is 2. The Labute approximate surface area is 111 Å². The van der Waals surface area contributed by atoms with E-state index in [1.165, 1.54) is 0 Å². The molecular formula is C12H15Cl2NO2. The molecule has 0 saturated heterocycles. The number of rotatable bonds is 6. The van der Waals surface area contributed by atoms with E-state index in [2.05, 4.69) is 5.32 Å². The van der Waals surface area contributed by atoms with E-state index in [4.69, 9.17) is 28.3 Å². The Kier molecular flexibility index (Phi) is 5.75. The lowest BCUT2D eigenvalue weighted by atomic mass is 10.0. The van der Waals surface area contributed by atoms with E-state index in [1.54, 1.807) is 12.1 Å². The molecule has 1 aromatic rings. The average molecular weight is 276 g/mol. The number of halogens is 2. The van der Waals surface area contributed by atoms with E-state index in [9.17, 15) is 4.79 Å². The Morgan fingerprint density at radius 2 is 2.18 bits per heavy atom. The minimum absolute atomic E-state index is 0.0547. The number of carboxylic acids is 1. The molecule has 0 heterocycles. The van der Waals surface area contributed by atoms with Crippen molar-refractivity contribution in [3.63, 3.8) is 0 Å². The molecule has 1 aromatic carbocycles. The van der Waals surface area contributed by atoms with Gasteiger partial charge in [0.1, 0.15) is 0 Å². The molecule has 3 nitrogen and oxygen atoms in total. The predicted molar refractivity (Wildman–Crippen MR) is 69.7 cm³/mol. The van der Waals surface area contributed by atoms with Crippen molar-refractivity contribution in [3.05, 3.63) is 33.8 Å². The predicted octanol–water partition coefficient (Wildman–Crippen LogP) is 3.51. The van der Waals surface area contributed by atoms with Gasteiger partial charge in [-0.1, -0.05) is 36.2 Å². The molecule has 0 radical (unpaired) electrons. The molecule has 0 aliphatic rings. The van der Waals surface area contributed by atoms with Crippen LogP contribution in [-0.2, 0) is 4.79 Å². The summed E-state index contributed by atoms with van der Waals surface area (Å²) in [5.74, 6) is -0.811. The molecule has 0 saturated carbocycles. The maximum absolute atomic E-state index is 10.4. The van der Waals surface area contributed by atoms with Gasteiger partial charge in [0, 0.05) is 22.6 Å².